The predicted octanol–water partition coefficient (Wildman–Crippen LogP) is 2.40. The Balaban J connectivity index is 2.86. The van der Waals surface area contributed by atoms with E-state index in [1.165, 1.54) is 6.07 Å². The molecule has 0 aromatic carbocycles. The predicted molar refractivity (Wildman–Crippen MR) is 55.1 cm³/mol. The fourth-order valence-corrected chi connectivity index (χ4v) is 0.961. The molecule has 0 spiro atoms. The molecule has 76 valence electrons. The lowest BCUT2D eigenvalue weighted by Gasteiger charge is -1.99. The van der Waals surface area contributed by atoms with Gasteiger partial charge in [0.2, 0.25) is 0 Å². The van der Waals surface area contributed by atoms with Gasteiger partial charge in [-0.25, -0.2) is 4.79 Å². The van der Waals surface area contributed by atoms with Crippen molar-refractivity contribution in [1.29, 1.82) is 0 Å². The number of hydrogen-bond donors (Lipinski definition) is 1. The molecule has 1 N–H and O–H groups in total. The van der Waals surface area contributed by atoms with Gasteiger partial charge in [-0.3, -0.25) is 0 Å². The molecule has 1 rings (SSSR count). The van der Waals surface area contributed by atoms with E-state index in [1.807, 2.05) is 6.08 Å². The molecule has 0 fully saturated rings. The monoisotopic (exact) mass is 194 g/mol. The summed E-state index contributed by atoms with van der Waals surface area (Å²) < 4.78 is 4.85. The molecule has 0 bridgehead atoms. The van der Waals surface area contributed by atoms with E-state index in [1.54, 1.807) is 6.08 Å². The number of aromatic hydroxyl groups is 1. The smallest absolute Gasteiger partial charge is 0.339 e. The molecule has 14 heavy (non-hydrogen) atoms. The highest BCUT2D eigenvalue weighted by Gasteiger charge is 1.97. The van der Waals surface area contributed by atoms with Crippen molar-refractivity contribution >= 4 is 6.08 Å². The average Bonchev–Trinajstić information content (AvgIpc) is 2.12. The first-order valence-corrected chi connectivity index (χ1v) is 4.64. The van der Waals surface area contributed by atoms with Crippen LogP contribution in [-0.4, -0.2) is 5.11 Å². The lowest BCUT2D eigenvalue weighted by Crippen LogP contribution is -1.96. The van der Waals surface area contributed by atoms with Crippen LogP contribution in [0.2, 0.25) is 0 Å². The molecule has 1 atom stereocenters. The highest BCUT2D eigenvalue weighted by atomic mass is 16.4. The molecule has 1 unspecified atom stereocenters. The summed E-state index contributed by atoms with van der Waals surface area (Å²) in [7, 11) is 0. The number of hydrogen-bond acceptors (Lipinski definition) is 3. The Morgan fingerprint density at radius 2 is 2.29 bits per heavy atom. The molecular formula is C11H14O3. The van der Waals surface area contributed by atoms with Crippen molar-refractivity contribution in [2.75, 3.05) is 0 Å². The van der Waals surface area contributed by atoms with E-state index in [4.69, 9.17) is 9.52 Å². The highest BCUT2D eigenvalue weighted by Crippen LogP contribution is 2.11. The van der Waals surface area contributed by atoms with Gasteiger partial charge in [-0.15, -0.1) is 0 Å². The summed E-state index contributed by atoms with van der Waals surface area (Å²) in [4.78, 5) is 10.9. The standard InChI is InChI=1S/C11H14O3/c1-3-8(2)4-5-10-6-9(12)7-11(13)14-10/h4-8,12H,3H2,1-2H3/b5-4+. The minimum Gasteiger partial charge on any atom is -0.508 e. The molecule has 3 nitrogen and oxygen atoms in total. The lowest BCUT2D eigenvalue weighted by atomic mass is 10.1. The largest absolute Gasteiger partial charge is 0.508 e. The molecule has 1 aromatic heterocycles. The molecule has 0 saturated carbocycles. The molecule has 0 aliphatic carbocycles. The van der Waals surface area contributed by atoms with Gasteiger partial charge < -0.3 is 9.52 Å². The van der Waals surface area contributed by atoms with Gasteiger partial charge >= 0.3 is 5.63 Å². The minimum absolute atomic E-state index is 0.0648. The van der Waals surface area contributed by atoms with Gasteiger partial charge in [-0.2, -0.15) is 0 Å². The lowest BCUT2D eigenvalue weighted by molar-refractivity contribution is 0.443. The Morgan fingerprint density at radius 3 is 2.86 bits per heavy atom. The first kappa shape index (κ1) is 10.6. The molecule has 0 radical (unpaired) electrons. The van der Waals surface area contributed by atoms with Crippen LogP contribution in [0.25, 0.3) is 6.08 Å². The Hall–Kier alpha value is -1.51. The zero-order valence-electron chi connectivity index (χ0n) is 8.36. The molecule has 0 aliphatic heterocycles. The molecule has 0 aliphatic rings. The third kappa shape index (κ3) is 3.09. The summed E-state index contributed by atoms with van der Waals surface area (Å²) >= 11 is 0. The van der Waals surface area contributed by atoms with Crippen LogP contribution in [0.15, 0.2) is 27.4 Å². The van der Waals surface area contributed by atoms with Crippen LogP contribution in [0.5, 0.6) is 5.75 Å². The van der Waals surface area contributed by atoms with Crippen LogP contribution < -0.4 is 5.63 Å². The van der Waals surface area contributed by atoms with Crippen LogP contribution in [0.1, 0.15) is 26.0 Å². The van der Waals surface area contributed by atoms with Gasteiger partial charge in [0, 0.05) is 6.07 Å². The molecule has 1 aromatic rings. The van der Waals surface area contributed by atoms with Gasteiger partial charge in [-0.05, 0) is 12.0 Å². The van der Waals surface area contributed by atoms with Gasteiger partial charge in [-0.1, -0.05) is 26.3 Å². The van der Waals surface area contributed by atoms with E-state index in [-0.39, 0.29) is 5.75 Å². The maximum absolute atomic E-state index is 10.9. The molecule has 0 amide bonds. The molecule has 3 heteroatoms. The van der Waals surface area contributed by atoms with E-state index < -0.39 is 5.63 Å². The maximum Gasteiger partial charge on any atom is 0.339 e. The highest BCUT2D eigenvalue weighted by molar-refractivity contribution is 5.44. The summed E-state index contributed by atoms with van der Waals surface area (Å²) in [5, 5.41) is 9.12. The van der Waals surface area contributed by atoms with Crippen LogP contribution in [0, 0.1) is 5.92 Å². The first-order chi connectivity index (χ1) is 6.61. The van der Waals surface area contributed by atoms with Crippen molar-refractivity contribution < 1.29 is 9.52 Å². The SMILES string of the molecule is CCC(C)/C=C/c1cc(O)cc(=O)o1. The Bertz CT molecular complexity index is 376. The normalized spacial score (nSPS) is 13.3. The molecule has 1 heterocycles. The van der Waals surface area contributed by atoms with Crippen molar-refractivity contribution in [2.45, 2.75) is 20.3 Å². The average molecular weight is 194 g/mol. The topological polar surface area (TPSA) is 50.4 Å². The van der Waals surface area contributed by atoms with Crippen molar-refractivity contribution in [3.05, 3.63) is 34.4 Å². The summed E-state index contributed by atoms with van der Waals surface area (Å²) in [5.74, 6) is 0.753. The second kappa shape index (κ2) is 4.65. The fraction of sp³-hybridized carbons (Fsp3) is 0.364. The van der Waals surface area contributed by atoms with Crippen LogP contribution >= 0.6 is 0 Å². The maximum atomic E-state index is 10.9. The third-order valence-corrected chi connectivity index (χ3v) is 2.01. The van der Waals surface area contributed by atoms with Crippen molar-refractivity contribution in [3.8, 4) is 5.75 Å². The number of allylic oxidation sites excluding steroid dienone is 1. The third-order valence-electron chi connectivity index (χ3n) is 2.01. The fourth-order valence-electron chi connectivity index (χ4n) is 0.961. The summed E-state index contributed by atoms with van der Waals surface area (Å²) in [6.45, 7) is 4.14. The van der Waals surface area contributed by atoms with Crippen LogP contribution in [0.4, 0.5) is 0 Å². The summed E-state index contributed by atoms with van der Waals surface area (Å²) in [6, 6.07) is 2.46. The Kier molecular flexibility index (Phi) is 3.51. The second-order valence-corrected chi connectivity index (χ2v) is 3.28. The van der Waals surface area contributed by atoms with Gasteiger partial charge in [0.05, 0.1) is 6.07 Å². The first-order valence-electron chi connectivity index (χ1n) is 4.64. The quantitative estimate of drug-likeness (QED) is 0.803. The number of rotatable bonds is 3. The summed E-state index contributed by atoms with van der Waals surface area (Å²) in [5.41, 5.74) is -0.534. The zero-order valence-corrected chi connectivity index (χ0v) is 8.36. The van der Waals surface area contributed by atoms with Gasteiger partial charge in [0.1, 0.15) is 11.5 Å². The Labute approximate surface area is 82.7 Å². The van der Waals surface area contributed by atoms with Crippen molar-refractivity contribution in [1.82, 2.24) is 0 Å². The van der Waals surface area contributed by atoms with Crippen molar-refractivity contribution in [2.24, 2.45) is 5.92 Å². The second-order valence-electron chi connectivity index (χ2n) is 3.28. The van der Waals surface area contributed by atoms with Gasteiger partial charge in [0.25, 0.3) is 0 Å². The van der Waals surface area contributed by atoms with E-state index in [0.29, 0.717) is 11.7 Å². The molecular weight excluding hydrogens is 180 g/mol. The van der Waals surface area contributed by atoms with E-state index in [0.717, 1.165) is 12.5 Å². The molecule has 0 saturated heterocycles. The Morgan fingerprint density at radius 1 is 1.57 bits per heavy atom. The summed E-state index contributed by atoms with van der Waals surface area (Å²) in [6.07, 6.45) is 4.67. The van der Waals surface area contributed by atoms with Crippen LogP contribution in [0.3, 0.4) is 0 Å². The van der Waals surface area contributed by atoms with E-state index in [9.17, 15) is 4.79 Å². The van der Waals surface area contributed by atoms with Crippen molar-refractivity contribution in [3.63, 3.8) is 0 Å². The van der Waals surface area contributed by atoms with E-state index in [2.05, 4.69) is 13.8 Å². The van der Waals surface area contributed by atoms with Gasteiger partial charge in [0.15, 0.2) is 0 Å². The van der Waals surface area contributed by atoms with Crippen LogP contribution in [-0.2, 0) is 0 Å². The zero-order chi connectivity index (χ0) is 10.6. The minimum atomic E-state index is -0.534. The van der Waals surface area contributed by atoms with E-state index >= 15 is 0 Å².